The molecule has 6 rings (SSSR count). The van der Waals surface area contributed by atoms with Crippen molar-refractivity contribution < 1.29 is 4.79 Å². The number of carbonyl (C=O) groups excluding carboxylic acids is 1. The molecule has 0 bridgehead atoms. The second-order valence-corrected chi connectivity index (χ2v) is 8.73. The van der Waals surface area contributed by atoms with E-state index in [2.05, 4.69) is 51.7 Å². The third kappa shape index (κ3) is 3.39. The van der Waals surface area contributed by atoms with E-state index in [9.17, 15) is 4.79 Å². The smallest absolute Gasteiger partial charge is 0.276 e. The molecule has 0 saturated heterocycles. The molecule has 160 valence electrons. The molecule has 0 aliphatic heterocycles. The maximum absolute atomic E-state index is 13.2. The number of hydrogen-bond acceptors (Lipinski definition) is 4. The van der Waals surface area contributed by atoms with Crippen LogP contribution in [0.2, 0.25) is 0 Å². The lowest BCUT2D eigenvalue weighted by atomic mass is 10.1. The molecule has 0 unspecified atom stereocenters. The Morgan fingerprint density at radius 2 is 1.97 bits per heavy atom. The number of aromatic amines is 1. The van der Waals surface area contributed by atoms with Crippen LogP contribution in [-0.2, 0) is 12.8 Å². The molecule has 7 heteroatoms. The number of aromatic nitrogens is 5. The minimum atomic E-state index is -0.181. The van der Waals surface area contributed by atoms with Crippen LogP contribution < -0.4 is 5.32 Å². The third-order valence-corrected chi connectivity index (χ3v) is 6.27. The van der Waals surface area contributed by atoms with Gasteiger partial charge in [0, 0.05) is 28.4 Å². The van der Waals surface area contributed by atoms with Crippen LogP contribution >= 0.6 is 0 Å². The van der Waals surface area contributed by atoms with Crippen molar-refractivity contribution in [3.63, 3.8) is 0 Å². The van der Waals surface area contributed by atoms with Crippen LogP contribution in [-0.4, -0.2) is 30.9 Å². The number of amides is 1. The fourth-order valence-electron chi connectivity index (χ4n) is 4.39. The number of hydrogen-bond donors (Lipinski definition) is 2. The molecule has 2 aliphatic carbocycles. The van der Waals surface area contributed by atoms with E-state index < -0.39 is 0 Å². The lowest BCUT2D eigenvalue weighted by molar-refractivity contribution is 0.102. The van der Waals surface area contributed by atoms with Crippen molar-refractivity contribution in [3.8, 4) is 17.1 Å². The van der Waals surface area contributed by atoms with Gasteiger partial charge in [0.1, 0.15) is 5.82 Å². The van der Waals surface area contributed by atoms with Crippen molar-refractivity contribution >= 4 is 11.6 Å². The molecule has 2 aliphatic rings. The van der Waals surface area contributed by atoms with E-state index in [4.69, 9.17) is 5.10 Å². The number of nitrogens with zero attached hydrogens (tertiary/aromatic N) is 4. The van der Waals surface area contributed by atoms with Crippen molar-refractivity contribution in [1.82, 2.24) is 25.0 Å². The predicted molar refractivity (Wildman–Crippen MR) is 122 cm³/mol. The summed E-state index contributed by atoms with van der Waals surface area (Å²) in [5, 5.41) is 15.1. The Kier molecular flexibility index (Phi) is 4.41. The first kappa shape index (κ1) is 19.0. The number of H-pyrrole nitrogens is 1. The van der Waals surface area contributed by atoms with E-state index in [0.717, 1.165) is 47.6 Å². The van der Waals surface area contributed by atoms with Gasteiger partial charge in [-0.05, 0) is 63.3 Å². The van der Waals surface area contributed by atoms with Gasteiger partial charge >= 0.3 is 0 Å². The summed E-state index contributed by atoms with van der Waals surface area (Å²) in [7, 11) is 0. The first-order valence-corrected chi connectivity index (χ1v) is 11.2. The van der Waals surface area contributed by atoms with Crippen molar-refractivity contribution in [3.05, 3.63) is 76.9 Å². The topological polar surface area (TPSA) is 88.5 Å². The second kappa shape index (κ2) is 7.44. The summed E-state index contributed by atoms with van der Waals surface area (Å²) in [6.07, 6.45) is 5.20. The summed E-state index contributed by atoms with van der Waals surface area (Å²) >= 11 is 0. The number of benzene rings is 2. The largest absolute Gasteiger partial charge is 0.321 e. The fraction of sp³-hybridized carbons (Fsp3) is 0.280. The monoisotopic (exact) mass is 424 g/mol. The number of rotatable bonds is 5. The third-order valence-electron chi connectivity index (χ3n) is 6.27. The molecule has 0 radical (unpaired) electrons. The maximum Gasteiger partial charge on any atom is 0.276 e. The molecule has 1 fully saturated rings. The van der Waals surface area contributed by atoms with E-state index in [1.54, 1.807) is 0 Å². The standard InChI is InChI=1S/C25H24N6O/c1-15-8-12-19(13-9-15)31-21-7-3-6-20(21)22(30-31)25(32)26-18-5-2-4-17(14-18)24-27-23(28-29-24)16-10-11-16/h2,4-5,8-9,12-14,16H,3,6-7,10-11H2,1H3,(H,26,32)(H,27,28,29). The molecular formula is C25H24N6O. The Morgan fingerprint density at radius 1 is 1.12 bits per heavy atom. The van der Waals surface area contributed by atoms with Gasteiger partial charge in [0.15, 0.2) is 11.5 Å². The molecule has 2 N–H and O–H groups in total. The van der Waals surface area contributed by atoms with Crippen LogP contribution in [0.25, 0.3) is 17.1 Å². The van der Waals surface area contributed by atoms with Crippen LogP contribution in [0.3, 0.4) is 0 Å². The Bertz CT molecular complexity index is 1310. The predicted octanol–water partition coefficient (Wildman–Crippen LogP) is 4.58. The molecule has 4 aromatic rings. The Labute approximate surface area is 185 Å². The van der Waals surface area contributed by atoms with Crippen LogP contribution in [0.1, 0.15) is 58.3 Å². The van der Waals surface area contributed by atoms with Gasteiger partial charge in [-0.2, -0.15) is 10.2 Å². The van der Waals surface area contributed by atoms with Crippen molar-refractivity contribution in [2.24, 2.45) is 0 Å². The van der Waals surface area contributed by atoms with Gasteiger partial charge in [-0.1, -0.05) is 29.8 Å². The average molecular weight is 425 g/mol. The zero-order valence-corrected chi connectivity index (χ0v) is 17.9. The summed E-state index contributed by atoms with van der Waals surface area (Å²) in [5.41, 5.74) is 6.49. The minimum Gasteiger partial charge on any atom is -0.321 e. The van der Waals surface area contributed by atoms with E-state index in [1.165, 1.54) is 18.4 Å². The number of anilines is 1. The Balaban J connectivity index is 1.27. The van der Waals surface area contributed by atoms with E-state index >= 15 is 0 Å². The highest BCUT2D eigenvalue weighted by Gasteiger charge is 2.28. The summed E-state index contributed by atoms with van der Waals surface area (Å²) < 4.78 is 1.93. The van der Waals surface area contributed by atoms with Crippen LogP contribution in [0, 0.1) is 6.92 Å². The van der Waals surface area contributed by atoms with Gasteiger partial charge in [0.25, 0.3) is 5.91 Å². The van der Waals surface area contributed by atoms with Crippen molar-refractivity contribution in [2.45, 2.75) is 44.9 Å². The number of fused-ring (bicyclic) bond motifs is 1. The molecule has 32 heavy (non-hydrogen) atoms. The number of nitrogens with one attached hydrogen (secondary N) is 2. The quantitative estimate of drug-likeness (QED) is 0.491. The zero-order chi connectivity index (χ0) is 21.7. The second-order valence-electron chi connectivity index (χ2n) is 8.73. The first-order valence-electron chi connectivity index (χ1n) is 11.2. The molecule has 0 spiro atoms. The Hall–Kier alpha value is -3.74. The Morgan fingerprint density at radius 3 is 2.78 bits per heavy atom. The van der Waals surface area contributed by atoms with Gasteiger partial charge in [-0.3, -0.25) is 9.89 Å². The van der Waals surface area contributed by atoms with Crippen LogP contribution in [0.5, 0.6) is 0 Å². The SMILES string of the molecule is Cc1ccc(-n2nc(C(=O)Nc3cccc(-c4n[nH]c(C5CC5)n4)c3)c3c2CCC3)cc1. The highest BCUT2D eigenvalue weighted by atomic mass is 16.2. The highest BCUT2D eigenvalue weighted by Crippen LogP contribution is 2.38. The lowest BCUT2D eigenvalue weighted by Crippen LogP contribution is -2.15. The maximum atomic E-state index is 13.2. The molecule has 0 atom stereocenters. The van der Waals surface area contributed by atoms with Crippen LogP contribution in [0.15, 0.2) is 48.5 Å². The molecule has 2 heterocycles. The molecule has 7 nitrogen and oxygen atoms in total. The summed E-state index contributed by atoms with van der Waals surface area (Å²) in [4.78, 5) is 17.8. The lowest BCUT2D eigenvalue weighted by Gasteiger charge is -2.06. The molecule has 1 saturated carbocycles. The van der Waals surface area contributed by atoms with Gasteiger partial charge in [-0.25, -0.2) is 9.67 Å². The van der Waals surface area contributed by atoms with E-state index in [0.29, 0.717) is 23.1 Å². The molecule has 2 aromatic heterocycles. The van der Waals surface area contributed by atoms with Gasteiger partial charge < -0.3 is 5.32 Å². The molecule has 2 aromatic carbocycles. The summed E-state index contributed by atoms with van der Waals surface area (Å²) in [6.45, 7) is 2.07. The zero-order valence-electron chi connectivity index (χ0n) is 17.9. The fourth-order valence-corrected chi connectivity index (χ4v) is 4.39. The molecule has 1 amide bonds. The van der Waals surface area contributed by atoms with Gasteiger partial charge in [-0.15, -0.1) is 0 Å². The number of carbonyl (C=O) groups is 1. The van der Waals surface area contributed by atoms with E-state index in [-0.39, 0.29) is 5.91 Å². The van der Waals surface area contributed by atoms with E-state index in [1.807, 2.05) is 28.9 Å². The van der Waals surface area contributed by atoms with Crippen molar-refractivity contribution in [1.29, 1.82) is 0 Å². The summed E-state index contributed by atoms with van der Waals surface area (Å²) in [6, 6.07) is 15.9. The van der Waals surface area contributed by atoms with Gasteiger partial charge in [0.2, 0.25) is 0 Å². The average Bonchev–Trinajstić information content (AvgIpc) is 3.21. The molecular weight excluding hydrogens is 400 g/mol. The summed E-state index contributed by atoms with van der Waals surface area (Å²) in [5.74, 6) is 1.95. The van der Waals surface area contributed by atoms with Crippen LogP contribution in [0.4, 0.5) is 5.69 Å². The van der Waals surface area contributed by atoms with Gasteiger partial charge in [0.05, 0.1) is 5.69 Å². The first-order chi connectivity index (χ1) is 15.7. The van der Waals surface area contributed by atoms with Crippen molar-refractivity contribution in [2.75, 3.05) is 5.32 Å². The highest BCUT2D eigenvalue weighted by molar-refractivity contribution is 6.04. The number of aryl methyl sites for hydroxylation is 1. The normalized spacial score (nSPS) is 15.0. The minimum absolute atomic E-state index is 0.181.